The number of aryl methyl sites for hydroxylation is 1. The van der Waals surface area contributed by atoms with Crippen molar-refractivity contribution in [1.82, 2.24) is 5.32 Å². The first-order chi connectivity index (χ1) is 8.70. The molecule has 1 aliphatic heterocycles. The highest BCUT2D eigenvalue weighted by molar-refractivity contribution is 5.54. The number of rotatable bonds is 5. The molecule has 2 rings (SSSR count). The maximum absolute atomic E-state index is 3.56. The van der Waals surface area contributed by atoms with Crippen LogP contribution < -0.4 is 10.2 Å². The lowest BCUT2D eigenvalue weighted by atomic mass is 10.1. The Morgan fingerprint density at radius 1 is 1.33 bits per heavy atom. The second-order valence-corrected chi connectivity index (χ2v) is 5.65. The fourth-order valence-corrected chi connectivity index (χ4v) is 2.74. The van der Waals surface area contributed by atoms with E-state index in [4.69, 9.17) is 0 Å². The molecule has 1 aromatic rings. The van der Waals surface area contributed by atoms with Crippen LogP contribution in [-0.2, 0) is 6.42 Å². The Morgan fingerprint density at radius 3 is 2.83 bits per heavy atom. The molecule has 1 unspecified atom stereocenters. The summed E-state index contributed by atoms with van der Waals surface area (Å²) in [4.78, 5) is 2.56. The molecule has 1 aliphatic rings. The average molecular weight is 246 g/mol. The van der Waals surface area contributed by atoms with E-state index in [1.54, 1.807) is 0 Å². The third kappa shape index (κ3) is 3.26. The number of nitrogens with one attached hydrogen (secondary N) is 1. The van der Waals surface area contributed by atoms with E-state index in [2.05, 4.69) is 55.3 Å². The summed E-state index contributed by atoms with van der Waals surface area (Å²) in [6, 6.07) is 9.44. The topological polar surface area (TPSA) is 15.3 Å². The smallest absolute Gasteiger partial charge is 0.0398 e. The first-order valence-electron chi connectivity index (χ1n) is 7.27. The van der Waals surface area contributed by atoms with Crippen LogP contribution in [0.15, 0.2) is 24.3 Å². The summed E-state index contributed by atoms with van der Waals surface area (Å²) >= 11 is 0. The monoisotopic (exact) mass is 246 g/mol. The summed E-state index contributed by atoms with van der Waals surface area (Å²) < 4.78 is 0. The minimum atomic E-state index is 0.599. The van der Waals surface area contributed by atoms with Gasteiger partial charge in [0.25, 0.3) is 0 Å². The first-order valence-corrected chi connectivity index (χ1v) is 7.27. The Balaban J connectivity index is 1.95. The van der Waals surface area contributed by atoms with Gasteiger partial charge in [-0.15, -0.1) is 0 Å². The van der Waals surface area contributed by atoms with Crippen molar-refractivity contribution in [1.29, 1.82) is 0 Å². The maximum atomic E-state index is 3.56. The predicted octanol–water partition coefficient (Wildman–Crippen LogP) is 3.07. The molecule has 2 nitrogen and oxygen atoms in total. The van der Waals surface area contributed by atoms with E-state index in [1.807, 2.05) is 0 Å². The van der Waals surface area contributed by atoms with E-state index < -0.39 is 0 Å². The van der Waals surface area contributed by atoms with Gasteiger partial charge in [0, 0.05) is 24.8 Å². The van der Waals surface area contributed by atoms with Crippen LogP contribution in [-0.4, -0.2) is 25.7 Å². The summed E-state index contributed by atoms with van der Waals surface area (Å²) in [5.74, 6) is 0.803. The normalized spacial score (nSPS) is 19.8. The van der Waals surface area contributed by atoms with E-state index in [1.165, 1.54) is 30.8 Å². The molecule has 1 heterocycles. The molecule has 18 heavy (non-hydrogen) atoms. The summed E-state index contributed by atoms with van der Waals surface area (Å²) in [7, 11) is 0. The fraction of sp³-hybridized carbons (Fsp3) is 0.625. The Kier molecular flexibility index (Phi) is 4.65. The molecule has 0 spiro atoms. The van der Waals surface area contributed by atoms with Crippen LogP contribution in [0.2, 0.25) is 0 Å². The zero-order valence-electron chi connectivity index (χ0n) is 11.9. The highest BCUT2D eigenvalue weighted by Gasteiger charge is 2.23. The number of anilines is 1. The molecule has 0 bridgehead atoms. The van der Waals surface area contributed by atoms with Crippen LogP contribution in [0.25, 0.3) is 0 Å². The standard InChI is InChI=1S/C16H26N2/c1-4-15-7-5-6-8-16(15)18-10-9-14(12-18)11-17-13(2)3/h5-8,13-14,17H,4,9-12H2,1-3H3. The molecular formula is C16H26N2. The Morgan fingerprint density at radius 2 is 2.11 bits per heavy atom. The first kappa shape index (κ1) is 13.4. The molecule has 0 aliphatic carbocycles. The van der Waals surface area contributed by atoms with Gasteiger partial charge >= 0.3 is 0 Å². The number of hydrogen-bond donors (Lipinski definition) is 1. The quantitative estimate of drug-likeness (QED) is 0.859. The molecule has 0 saturated carbocycles. The van der Waals surface area contributed by atoms with Crippen molar-refractivity contribution in [2.24, 2.45) is 5.92 Å². The molecule has 1 N–H and O–H groups in total. The molecule has 1 fully saturated rings. The van der Waals surface area contributed by atoms with Gasteiger partial charge < -0.3 is 10.2 Å². The average Bonchev–Trinajstić information content (AvgIpc) is 2.85. The van der Waals surface area contributed by atoms with Gasteiger partial charge in [-0.05, 0) is 36.9 Å². The number of para-hydroxylation sites is 1. The van der Waals surface area contributed by atoms with Crippen LogP contribution in [0.4, 0.5) is 5.69 Å². The minimum absolute atomic E-state index is 0.599. The molecule has 1 atom stereocenters. The van der Waals surface area contributed by atoms with Crippen molar-refractivity contribution in [2.45, 2.75) is 39.7 Å². The second kappa shape index (κ2) is 6.24. The fourth-order valence-electron chi connectivity index (χ4n) is 2.74. The molecule has 1 saturated heterocycles. The lowest BCUT2D eigenvalue weighted by Gasteiger charge is -2.22. The number of benzene rings is 1. The van der Waals surface area contributed by atoms with Crippen molar-refractivity contribution in [3.8, 4) is 0 Å². The van der Waals surface area contributed by atoms with Crippen molar-refractivity contribution >= 4 is 5.69 Å². The maximum Gasteiger partial charge on any atom is 0.0398 e. The zero-order valence-corrected chi connectivity index (χ0v) is 11.9. The van der Waals surface area contributed by atoms with Crippen LogP contribution in [0.1, 0.15) is 32.8 Å². The molecule has 0 amide bonds. The van der Waals surface area contributed by atoms with Crippen LogP contribution in [0.5, 0.6) is 0 Å². The lowest BCUT2D eigenvalue weighted by molar-refractivity contribution is 0.480. The van der Waals surface area contributed by atoms with Gasteiger partial charge in [0.05, 0.1) is 0 Å². The molecule has 0 radical (unpaired) electrons. The van der Waals surface area contributed by atoms with Crippen molar-refractivity contribution in [3.05, 3.63) is 29.8 Å². The van der Waals surface area contributed by atoms with Gasteiger partial charge in [0.15, 0.2) is 0 Å². The molecule has 2 heteroatoms. The second-order valence-electron chi connectivity index (χ2n) is 5.65. The highest BCUT2D eigenvalue weighted by Crippen LogP contribution is 2.27. The van der Waals surface area contributed by atoms with Gasteiger partial charge in [-0.25, -0.2) is 0 Å². The van der Waals surface area contributed by atoms with Crippen LogP contribution in [0, 0.1) is 5.92 Å². The Labute approximate surface area is 111 Å². The summed E-state index contributed by atoms with van der Waals surface area (Å²) in [6.45, 7) is 10.3. The van der Waals surface area contributed by atoms with Crippen molar-refractivity contribution < 1.29 is 0 Å². The van der Waals surface area contributed by atoms with E-state index >= 15 is 0 Å². The summed E-state index contributed by atoms with van der Waals surface area (Å²) in [5.41, 5.74) is 2.93. The van der Waals surface area contributed by atoms with E-state index in [0.717, 1.165) is 18.9 Å². The highest BCUT2D eigenvalue weighted by atomic mass is 15.2. The van der Waals surface area contributed by atoms with Crippen LogP contribution >= 0.6 is 0 Å². The lowest BCUT2D eigenvalue weighted by Crippen LogP contribution is -2.30. The molecular weight excluding hydrogens is 220 g/mol. The molecule has 0 aromatic heterocycles. The molecule has 100 valence electrons. The van der Waals surface area contributed by atoms with Gasteiger partial charge in [0.2, 0.25) is 0 Å². The minimum Gasteiger partial charge on any atom is -0.371 e. The largest absolute Gasteiger partial charge is 0.371 e. The SMILES string of the molecule is CCc1ccccc1N1CCC(CNC(C)C)C1. The zero-order chi connectivity index (χ0) is 13.0. The third-order valence-electron chi connectivity index (χ3n) is 3.81. The summed E-state index contributed by atoms with van der Waals surface area (Å²) in [6.07, 6.45) is 2.44. The van der Waals surface area contributed by atoms with Crippen molar-refractivity contribution in [2.75, 3.05) is 24.5 Å². The van der Waals surface area contributed by atoms with E-state index in [0.29, 0.717) is 6.04 Å². The van der Waals surface area contributed by atoms with Gasteiger partial charge in [-0.3, -0.25) is 0 Å². The predicted molar refractivity (Wildman–Crippen MR) is 79.3 cm³/mol. The van der Waals surface area contributed by atoms with Crippen LogP contribution in [0.3, 0.4) is 0 Å². The number of nitrogens with zero attached hydrogens (tertiary/aromatic N) is 1. The Bertz CT molecular complexity index is 373. The number of hydrogen-bond acceptors (Lipinski definition) is 2. The van der Waals surface area contributed by atoms with Gasteiger partial charge in [-0.1, -0.05) is 39.0 Å². The van der Waals surface area contributed by atoms with Gasteiger partial charge in [-0.2, -0.15) is 0 Å². The molecule has 1 aromatic carbocycles. The third-order valence-corrected chi connectivity index (χ3v) is 3.81. The van der Waals surface area contributed by atoms with E-state index in [-0.39, 0.29) is 0 Å². The van der Waals surface area contributed by atoms with E-state index in [9.17, 15) is 0 Å². The van der Waals surface area contributed by atoms with Crippen molar-refractivity contribution in [3.63, 3.8) is 0 Å². The van der Waals surface area contributed by atoms with Gasteiger partial charge in [0.1, 0.15) is 0 Å². The Hall–Kier alpha value is -1.02. The summed E-state index contributed by atoms with van der Waals surface area (Å²) in [5, 5.41) is 3.56.